The highest BCUT2D eigenvalue weighted by Gasteiger charge is 2.28. The molecule has 7 nitrogen and oxygen atoms in total. The molecule has 4 heterocycles. The highest BCUT2D eigenvalue weighted by Crippen LogP contribution is 2.47. The fourth-order valence-electron chi connectivity index (χ4n) is 4.85. The molecule has 0 radical (unpaired) electrons. The molecule has 4 aromatic rings. The Balaban J connectivity index is 1.73. The molecule has 5 rings (SSSR count). The minimum absolute atomic E-state index is 0.194. The number of amides is 1. The first kappa shape index (κ1) is 24.6. The Kier molecular flexibility index (Phi) is 6.22. The minimum Gasteiger partial charge on any atom is -0.390 e. The molecule has 1 amide bonds. The van der Waals surface area contributed by atoms with Gasteiger partial charge >= 0.3 is 0 Å². The van der Waals surface area contributed by atoms with E-state index in [9.17, 15) is 14.7 Å². The van der Waals surface area contributed by atoms with E-state index in [4.69, 9.17) is 11.6 Å². The van der Waals surface area contributed by atoms with Gasteiger partial charge in [0.25, 0.3) is 11.5 Å². The molecule has 188 valence electrons. The highest BCUT2D eigenvalue weighted by molar-refractivity contribution is 7.16. The standard InChI is InChI=1S/C27H29ClN4O3S/c1-5-29-25(33)20-12-18-19(14-31(4)26(34)23(18)30-20)24-22(11-17(36-24)13-27(2,3)35)32-9-8-15-10-16(28)6-7-21(15)32/h6-7,10-12,14,30,35H,5,8-9,13H2,1-4H3,(H,29,33). The van der Waals surface area contributed by atoms with E-state index < -0.39 is 5.60 Å². The molecule has 0 spiro atoms. The van der Waals surface area contributed by atoms with Crippen LogP contribution in [0.2, 0.25) is 5.02 Å². The normalized spacial score (nSPS) is 13.4. The zero-order valence-corrected chi connectivity index (χ0v) is 22.3. The first-order chi connectivity index (χ1) is 17.1. The van der Waals surface area contributed by atoms with Crippen molar-refractivity contribution in [1.82, 2.24) is 14.9 Å². The second-order valence-electron chi connectivity index (χ2n) is 9.88. The molecule has 0 saturated heterocycles. The van der Waals surface area contributed by atoms with E-state index in [1.54, 1.807) is 42.9 Å². The third-order valence-corrected chi connectivity index (χ3v) is 7.78. The fraction of sp³-hybridized carbons (Fsp3) is 0.333. The number of anilines is 2. The molecule has 0 saturated carbocycles. The minimum atomic E-state index is -0.867. The molecule has 1 aliphatic rings. The number of benzene rings is 1. The van der Waals surface area contributed by atoms with Crippen molar-refractivity contribution in [2.45, 2.75) is 39.2 Å². The van der Waals surface area contributed by atoms with Gasteiger partial charge in [0.15, 0.2) is 0 Å². The van der Waals surface area contributed by atoms with E-state index in [1.807, 2.05) is 31.3 Å². The van der Waals surface area contributed by atoms with Gasteiger partial charge in [-0.2, -0.15) is 0 Å². The Labute approximate surface area is 218 Å². The molecule has 0 unspecified atom stereocenters. The summed E-state index contributed by atoms with van der Waals surface area (Å²) >= 11 is 7.86. The van der Waals surface area contributed by atoms with Crippen molar-refractivity contribution in [3.63, 3.8) is 0 Å². The largest absolute Gasteiger partial charge is 0.390 e. The monoisotopic (exact) mass is 524 g/mol. The maximum absolute atomic E-state index is 13.0. The topological polar surface area (TPSA) is 90.4 Å². The summed E-state index contributed by atoms with van der Waals surface area (Å²) < 4.78 is 1.55. The van der Waals surface area contributed by atoms with E-state index in [0.29, 0.717) is 34.6 Å². The Morgan fingerprint density at radius 3 is 2.75 bits per heavy atom. The summed E-state index contributed by atoms with van der Waals surface area (Å²) in [7, 11) is 1.72. The van der Waals surface area contributed by atoms with Crippen molar-refractivity contribution in [3.8, 4) is 10.4 Å². The van der Waals surface area contributed by atoms with Crippen LogP contribution in [0.25, 0.3) is 21.3 Å². The Morgan fingerprint density at radius 1 is 1.25 bits per heavy atom. The number of aromatic nitrogens is 2. The van der Waals surface area contributed by atoms with Crippen molar-refractivity contribution >= 4 is 51.1 Å². The summed E-state index contributed by atoms with van der Waals surface area (Å²) in [6.07, 6.45) is 3.21. The van der Waals surface area contributed by atoms with E-state index in [0.717, 1.165) is 39.7 Å². The number of carbonyl (C=O) groups excluding carboxylic acids is 1. The third-order valence-electron chi connectivity index (χ3n) is 6.39. The van der Waals surface area contributed by atoms with Crippen molar-refractivity contribution in [2.75, 3.05) is 18.0 Å². The number of aliphatic hydroxyl groups is 1. The second kappa shape index (κ2) is 9.10. The van der Waals surface area contributed by atoms with Crippen LogP contribution in [0.4, 0.5) is 11.4 Å². The number of fused-ring (bicyclic) bond motifs is 2. The van der Waals surface area contributed by atoms with Crippen LogP contribution in [0.1, 0.15) is 41.7 Å². The summed E-state index contributed by atoms with van der Waals surface area (Å²) in [6, 6.07) is 9.85. The van der Waals surface area contributed by atoms with Crippen LogP contribution in [0.5, 0.6) is 0 Å². The van der Waals surface area contributed by atoms with Gasteiger partial charge < -0.3 is 24.9 Å². The average molecular weight is 525 g/mol. The maximum Gasteiger partial charge on any atom is 0.274 e. The second-order valence-corrected chi connectivity index (χ2v) is 11.5. The van der Waals surface area contributed by atoms with Crippen molar-refractivity contribution < 1.29 is 9.90 Å². The van der Waals surface area contributed by atoms with Gasteiger partial charge in [-0.25, -0.2) is 0 Å². The molecule has 0 bridgehead atoms. The van der Waals surface area contributed by atoms with Crippen LogP contribution in [0.3, 0.4) is 0 Å². The third kappa shape index (κ3) is 4.45. The molecule has 1 aromatic carbocycles. The highest BCUT2D eigenvalue weighted by atomic mass is 35.5. The van der Waals surface area contributed by atoms with Crippen molar-refractivity contribution in [2.24, 2.45) is 7.05 Å². The summed E-state index contributed by atoms with van der Waals surface area (Å²) in [5, 5.41) is 14.8. The van der Waals surface area contributed by atoms with Crippen molar-refractivity contribution in [3.05, 3.63) is 68.0 Å². The lowest BCUT2D eigenvalue weighted by atomic mass is 10.0. The van der Waals surface area contributed by atoms with E-state index in [-0.39, 0.29) is 11.5 Å². The quantitative estimate of drug-likeness (QED) is 0.331. The molecule has 0 fully saturated rings. The zero-order valence-electron chi connectivity index (χ0n) is 20.7. The molecule has 9 heteroatoms. The van der Waals surface area contributed by atoms with E-state index in [1.165, 1.54) is 5.56 Å². The number of hydrogen-bond acceptors (Lipinski definition) is 5. The number of rotatable bonds is 6. The molecular weight excluding hydrogens is 496 g/mol. The van der Waals surface area contributed by atoms with Crippen LogP contribution in [-0.2, 0) is 19.9 Å². The number of halogens is 1. The van der Waals surface area contributed by atoms with Crippen molar-refractivity contribution in [1.29, 1.82) is 0 Å². The number of aryl methyl sites for hydroxylation is 1. The Hall–Kier alpha value is -3.07. The molecule has 36 heavy (non-hydrogen) atoms. The van der Waals surface area contributed by atoms with Gasteiger partial charge in [0, 0.05) is 59.3 Å². The van der Waals surface area contributed by atoms with Gasteiger partial charge in [0.2, 0.25) is 0 Å². The molecule has 0 atom stereocenters. The number of thiophene rings is 1. The summed E-state index contributed by atoms with van der Waals surface area (Å²) in [6.45, 7) is 6.75. The lowest BCUT2D eigenvalue weighted by molar-refractivity contribution is 0.0818. The van der Waals surface area contributed by atoms with Gasteiger partial charge in [-0.05, 0) is 63.1 Å². The number of H-pyrrole nitrogens is 1. The molecule has 1 aliphatic heterocycles. The van der Waals surface area contributed by atoms with Gasteiger partial charge in [-0.1, -0.05) is 11.6 Å². The molecular formula is C27H29ClN4O3S. The van der Waals surface area contributed by atoms with Gasteiger partial charge in [0.05, 0.1) is 16.2 Å². The first-order valence-corrected chi connectivity index (χ1v) is 13.2. The van der Waals surface area contributed by atoms with E-state index >= 15 is 0 Å². The SMILES string of the molecule is CCNC(=O)c1cc2c(-c3sc(CC(C)(C)O)cc3N3CCc4cc(Cl)ccc43)cn(C)c(=O)c2[nH]1. The molecule has 3 N–H and O–H groups in total. The van der Waals surface area contributed by atoms with Gasteiger partial charge in [0.1, 0.15) is 11.2 Å². The molecule has 0 aliphatic carbocycles. The number of aromatic amines is 1. The van der Waals surface area contributed by atoms with Crippen LogP contribution in [-0.4, -0.2) is 39.3 Å². The number of nitrogens with zero attached hydrogens (tertiary/aromatic N) is 2. The average Bonchev–Trinajstić information content (AvgIpc) is 3.51. The first-order valence-electron chi connectivity index (χ1n) is 12.0. The summed E-state index contributed by atoms with van der Waals surface area (Å²) in [5.74, 6) is -0.249. The fourth-order valence-corrected chi connectivity index (χ4v) is 6.45. The van der Waals surface area contributed by atoms with Crippen LogP contribution in [0, 0.1) is 0 Å². The predicted molar refractivity (Wildman–Crippen MR) is 147 cm³/mol. The zero-order chi connectivity index (χ0) is 25.8. The lowest BCUT2D eigenvalue weighted by Gasteiger charge is -2.21. The number of hydrogen-bond donors (Lipinski definition) is 3. The predicted octanol–water partition coefficient (Wildman–Crippen LogP) is 5.01. The van der Waals surface area contributed by atoms with E-state index in [2.05, 4.69) is 21.3 Å². The Bertz CT molecular complexity index is 1540. The number of pyridine rings is 1. The van der Waals surface area contributed by atoms with Crippen LogP contribution < -0.4 is 15.8 Å². The van der Waals surface area contributed by atoms with Crippen LogP contribution >= 0.6 is 22.9 Å². The maximum atomic E-state index is 13.0. The Morgan fingerprint density at radius 2 is 2.03 bits per heavy atom. The number of nitrogens with one attached hydrogen (secondary N) is 2. The summed E-state index contributed by atoms with van der Waals surface area (Å²) in [5.41, 5.74) is 3.86. The summed E-state index contributed by atoms with van der Waals surface area (Å²) in [4.78, 5) is 32.9. The lowest BCUT2D eigenvalue weighted by Crippen LogP contribution is -2.23. The number of carbonyl (C=O) groups is 1. The van der Waals surface area contributed by atoms with Gasteiger partial charge in [-0.15, -0.1) is 11.3 Å². The smallest absolute Gasteiger partial charge is 0.274 e. The van der Waals surface area contributed by atoms with Crippen LogP contribution in [0.15, 0.2) is 41.3 Å². The van der Waals surface area contributed by atoms with Gasteiger partial charge in [-0.3, -0.25) is 9.59 Å². The molecule has 3 aromatic heterocycles.